The minimum absolute atomic E-state index is 0.242. The van der Waals surface area contributed by atoms with E-state index in [0.717, 1.165) is 34.5 Å². The molecule has 0 aliphatic carbocycles. The topological polar surface area (TPSA) is 38.0 Å². The molecule has 3 rings (SSSR count). The molecule has 3 aromatic rings. The molecule has 1 heterocycles. The van der Waals surface area contributed by atoms with Crippen molar-refractivity contribution in [1.82, 2.24) is 9.78 Å². The summed E-state index contributed by atoms with van der Waals surface area (Å²) in [6, 6.07) is 18.0. The molecule has 0 aliphatic heterocycles. The van der Waals surface area contributed by atoms with Crippen molar-refractivity contribution in [3.63, 3.8) is 0 Å². The van der Waals surface area contributed by atoms with Crippen LogP contribution < -0.4 is 0 Å². The molecule has 1 N–H and O–H groups in total. The van der Waals surface area contributed by atoms with E-state index >= 15 is 0 Å². The lowest BCUT2D eigenvalue weighted by atomic mass is 9.99. The highest BCUT2D eigenvalue weighted by Gasteiger charge is 2.20. The van der Waals surface area contributed by atoms with Gasteiger partial charge in [0.1, 0.15) is 0 Å². The van der Waals surface area contributed by atoms with E-state index < -0.39 is 0 Å². The summed E-state index contributed by atoms with van der Waals surface area (Å²) < 4.78 is 1.66. The normalized spacial score (nSPS) is 11.1. The summed E-state index contributed by atoms with van der Waals surface area (Å²) in [6.45, 7) is 6.33. The van der Waals surface area contributed by atoms with Gasteiger partial charge < -0.3 is 5.11 Å². The molecule has 0 saturated heterocycles. The van der Waals surface area contributed by atoms with Gasteiger partial charge in [0, 0.05) is 11.1 Å². The zero-order valence-electron chi connectivity index (χ0n) is 13.8. The molecule has 0 fully saturated rings. The first-order chi connectivity index (χ1) is 11.1. The van der Waals surface area contributed by atoms with Crippen molar-refractivity contribution in [3.05, 3.63) is 65.7 Å². The monoisotopic (exact) mass is 306 g/mol. The molecule has 0 spiro atoms. The largest absolute Gasteiger partial charge is 0.493 e. The van der Waals surface area contributed by atoms with Crippen molar-refractivity contribution in [2.24, 2.45) is 5.92 Å². The van der Waals surface area contributed by atoms with E-state index in [1.165, 1.54) is 0 Å². The minimum Gasteiger partial charge on any atom is -0.493 e. The Labute approximate surface area is 137 Å². The molecule has 0 saturated carbocycles. The number of aromatic nitrogens is 2. The molecule has 0 unspecified atom stereocenters. The predicted molar refractivity (Wildman–Crippen MR) is 93.9 cm³/mol. The SMILES string of the molecule is Cc1ccccc1-n1nc(-c2ccccc2)c(CC(C)C)c1O. The smallest absolute Gasteiger partial charge is 0.218 e. The fourth-order valence-electron chi connectivity index (χ4n) is 2.83. The number of hydrogen-bond donors (Lipinski definition) is 1. The second kappa shape index (κ2) is 6.29. The minimum atomic E-state index is 0.242. The molecule has 0 aliphatic rings. The van der Waals surface area contributed by atoms with Gasteiger partial charge in [0.2, 0.25) is 5.88 Å². The van der Waals surface area contributed by atoms with Crippen LogP contribution >= 0.6 is 0 Å². The van der Waals surface area contributed by atoms with Gasteiger partial charge in [-0.2, -0.15) is 5.10 Å². The zero-order chi connectivity index (χ0) is 16.4. The first-order valence-corrected chi connectivity index (χ1v) is 8.00. The Morgan fingerprint density at radius 1 is 1.00 bits per heavy atom. The Balaban J connectivity index is 2.20. The average molecular weight is 306 g/mol. The molecule has 118 valence electrons. The quantitative estimate of drug-likeness (QED) is 0.755. The van der Waals surface area contributed by atoms with E-state index in [1.807, 2.05) is 61.5 Å². The molecule has 2 aromatic carbocycles. The van der Waals surface area contributed by atoms with Crippen LogP contribution in [0.4, 0.5) is 0 Å². The summed E-state index contributed by atoms with van der Waals surface area (Å²) in [6.07, 6.45) is 0.794. The average Bonchev–Trinajstić information content (AvgIpc) is 2.85. The number of aromatic hydroxyl groups is 1. The lowest BCUT2D eigenvalue weighted by molar-refractivity contribution is 0.424. The molecular formula is C20H22N2O. The summed E-state index contributed by atoms with van der Waals surface area (Å²) in [4.78, 5) is 0. The Kier molecular flexibility index (Phi) is 4.20. The van der Waals surface area contributed by atoms with E-state index in [4.69, 9.17) is 5.10 Å². The summed E-state index contributed by atoms with van der Waals surface area (Å²) in [5, 5.41) is 15.5. The maximum Gasteiger partial charge on any atom is 0.218 e. The molecule has 0 amide bonds. The van der Waals surface area contributed by atoms with Gasteiger partial charge in [-0.3, -0.25) is 0 Å². The maximum absolute atomic E-state index is 10.8. The highest BCUT2D eigenvalue weighted by atomic mass is 16.3. The molecule has 3 heteroatoms. The highest BCUT2D eigenvalue weighted by molar-refractivity contribution is 5.66. The van der Waals surface area contributed by atoms with Crippen LogP contribution in [0.15, 0.2) is 54.6 Å². The fourth-order valence-corrected chi connectivity index (χ4v) is 2.83. The van der Waals surface area contributed by atoms with Crippen molar-refractivity contribution in [1.29, 1.82) is 0 Å². The Bertz CT molecular complexity index is 804. The van der Waals surface area contributed by atoms with Gasteiger partial charge >= 0.3 is 0 Å². The van der Waals surface area contributed by atoms with Gasteiger partial charge in [-0.1, -0.05) is 62.4 Å². The van der Waals surface area contributed by atoms with Gasteiger partial charge in [-0.25, -0.2) is 4.68 Å². The molecule has 1 aromatic heterocycles. The van der Waals surface area contributed by atoms with Gasteiger partial charge in [0.05, 0.1) is 11.4 Å². The summed E-state index contributed by atoms with van der Waals surface area (Å²) in [5.41, 5.74) is 4.80. The van der Waals surface area contributed by atoms with Crippen molar-refractivity contribution >= 4 is 0 Å². The van der Waals surface area contributed by atoms with Gasteiger partial charge in [0.15, 0.2) is 0 Å². The lowest BCUT2D eigenvalue weighted by Crippen LogP contribution is -1.99. The van der Waals surface area contributed by atoms with Crippen LogP contribution in [0, 0.1) is 12.8 Å². The number of para-hydroxylation sites is 1. The van der Waals surface area contributed by atoms with Crippen LogP contribution in [0.2, 0.25) is 0 Å². The van der Waals surface area contributed by atoms with Crippen LogP contribution in [0.25, 0.3) is 16.9 Å². The number of benzene rings is 2. The summed E-state index contributed by atoms with van der Waals surface area (Å²) in [5.74, 6) is 0.685. The standard InChI is InChI=1S/C20H22N2O/c1-14(2)13-17-19(16-10-5-4-6-11-16)21-22(20(17)23)18-12-8-7-9-15(18)3/h4-12,14,23H,13H2,1-3H3. The van der Waals surface area contributed by atoms with E-state index in [-0.39, 0.29) is 5.88 Å². The third-order valence-electron chi connectivity index (χ3n) is 3.96. The third-order valence-corrected chi connectivity index (χ3v) is 3.96. The molecule has 0 bridgehead atoms. The van der Waals surface area contributed by atoms with Crippen molar-refractivity contribution in [2.75, 3.05) is 0 Å². The molecular weight excluding hydrogens is 284 g/mol. The van der Waals surface area contributed by atoms with Crippen LogP contribution in [0.1, 0.15) is 25.0 Å². The first kappa shape index (κ1) is 15.3. The van der Waals surface area contributed by atoms with Crippen LogP contribution in [-0.2, 0) is 6.42 Å². The molecule has 3 nitrogen and oxygen atoms in total. The lowest BCUT2D eigenvalue weighted by Gasteiger charge is -2.08. The molecule has 0 radical (unpaired) electrons. The zero-order valence-corrected chi connectivity index (χ0v) is 13.8. The number of aryl methyl sites for hydroxylation is 1. The second-order valence-electron chi connectivity index (χ2n) is 6.31. The number of hydrogen-bond acceptors (Lipinski definition) is 2. The third kappa shape index (κ3) is 3.00. The van der Waals surface area contributed by atoms with Crippen LogP contribution in [-0.4, -0.2) is 14.9 Å². The summed E-state index contributed by atoms with van der Waals surface area (Å²) >= 11 is 0. The molecule has 0 atom stereocenters. The van der Waals surface area contributed by atoms with Crippen molar-refractivity contribution in [2.45, 2.75) is 27.2 Å². The van der Waals surface area contributed by atoms with Crippen molar-refractivity contribution < 1.29 is 5.11 Å². The Morgan fingerprint density at radius 2 is 1.65 bits per heavy atom. The highest BCUT2D eigenvalue weighted by Crippen LogP contribution is 2.34. The van der Waals surface area contributed by atoms with Gasteiger partial charge in [0.25, 0.3) is 0 Å². The number of rotatable bonds is 4. The second-order valence-corrected chi connectivity index (χ2v) is 6.31. The maximum atomic E-state index is 10.8. The van der Waals surface area contributed by atoms with E-state index in [2.05, 4.69) is 13.8 Å². The van der Waals surface area contributed by atoms with Crippen molar-refractivity contribution in [3.8, 4) is 22.8 Å². The van der Waals surface area contributed by atoms with Crippen LogP contribution in [0.5, 0.6) is 5.88 Å². The van der Waals surface area contributed by atoms with Crippen LogP contribution in [0.3, 0.4) is 0 Å². The van der Waals surface area contributed by atoms with E-state index in [0.29, 0.717) is 5.92 Å². The fraction of sp³-hybridized carbons (Fsp3) is 0.250. The molecule has 23 heavy (non-hydrogen) atoms. The predicted octanol–water partition coefficient (Wildman–Crippen LogP) is 4.75. The Hall–Kier alpha value is -2.55. The first-order valence-electron chi connectivity index (χ1n) is 8.00. The van der Waals surface area contributed by atoms with Gasteiger partial charge in [-0.05, 0) is 30.9 Å². The number of nitrogens with zero attached hydrogens (tertiary/aromatic N) is 2. The summed E-state index contributed by atoms with van der Waals surface area (Å²) in [7, 11) is 0. The van der Waals surface area contributed by atoms with E-state index in [9.17, 15) is 5.11 Å². The Morgan fingerprint density at radius 3 is 2.30 bits per heavy atom. The van der Waals surface area contributed by atoms with E-state index in [1.54, 1.807) is 4.68 Å². The van der Waals surface area contributed by atoms with Gasteiger partial charge in [-0.15, -0.1) is 0 Å².